The van der Waals surface area contributed by atoms with E-state index in [1.54, 1.807) is 39.3 Å². The van der Waals surface area contributed by atoms with E-state index in [2.05, 4.69) is 33.3 Å². The average Bonchev–Trinajstić information content (AvgIpc) is 3.87. The van der Waals surface area contributed by atoms with Crippen molar-refractivity contribution in [1.82, 2.24) is 35.1 Å². The molecule has 4 aromatic rings. The molecule has 382 valence electrons. The summed E-state index contributed by atoms with van der Waals surface area (Å²) in [5, 5.41) is 39.9. The summed E-state index contributed by atoms with van der Waals surface area (Å²) in [5.74, 6) is -4.39. The fraction of sp³-hybridized carbons (Fsp3) is 0.519. The van der Waals surface area contributed by atoms with Crippen molar-refractivity contribution in [2.75, 3.05) is 47.9 Å². The second kappa shape index (κ2) is 21.4. The number of phenolic OH excluding ortho intramolecular Hbond substituents is 1. The van der Waals surface area contributed by atoms with Crippen molar-refractivity contribution in [1.29, 1.82) is 0 Å². The molecule has 4 heterocycles. The number of cyclic esters (lactones) is 1. The Morgan fingerprint density at radius 1 is 1.06 bits per heavy atom. The number of pyridine rings is 1. The number of hydrazine groups is 1. The number of carbonyl (C=O) groups is 5. The van der Waals surface area contributed by atoms with E-state index in [4.69, 9.17) is 9.47 Å². The minimum absolute atomic E-state index is 0.0324. The van der Waals surface area contributed by atoms with Gasteiger partial charge in [-0.25, -0.2) is 4.79 Å². The Bertz CT molecular complexity index is 2690. The van der Waals surface area contributed by atoms with Crippen LogP contribution in [0.3, 0.4) is 0 Å². The van der Waals surface area contributed by atoms with Crippen LogP contribution in [0, 0.1) is 17.3 Å². The number of nitrogens with one attached hydrogen (secondary N) is 2. The quantitative estimate of drug-likeness (QED) is 0.0891. The second-order valence-corrected chi connectivity index (χ2v) is 21.0. The minimum Gasteiger partial charge on any atom is -0.508 e. The molecule has 1 saturated carbocycles. The Labute approximate surface area is 416 Å². The highest BCUT2D eigenvalue weighted by Crippen LogP contribution is 2.42. The van der Waals surface area contributed by atoms with Gasteiger partial charge in [0.15, 0.2) is 5.78 Å². The maximum atomic E-state index is 14.8. The number of aryl methyl sites for hydroxylation is 1. The predicted molar refractivity (Wildman–Crippen MR) is 268 cm³/mol. The molecule has 5 atom stereocenters. The number of ketones is 1. The molecule has 1 aliphatic carbocycles. The van der Waals surface area contributed by atoms with Gasteiger partial charge < -0.3 is 44.5 Å². The van der Waals surface area contributed by atoms with E-state index in [0.717, 1.165) is 44.0 Å². The molecule has 6 bridgehead atoms. The molecule has 1 unspecified atom stereocenters. The number of allylic oxidation sites excluding steroid dienone is 1. The summed E-state index contributed by atoms with van der Waals surface area (Å²) < 4.78 is 13.8. The Balaban J connectivity index is 1.28. The van der Waals surface area contributed by atoms with Crippen molar-refractivity contribution >= 4 is 40.4 Å². The van der Waals surface area contributed by atoms with Gasteiger partial charge in [0.2, 0.25) is 11.6 Å². The number of aliphatic hydroxyl groups is 2. The van der Waals surface area contributed by atoms with Crippen LogP contribution < -0.4 is 10.7 Å². The van der Waals surface area contributed by atoms with Gasteiger partial charge in [0.1, 0.15) is 23.4 Å². The van der Waals surface area contributed by atoms with Crippen LogP contribution in [0.25, 0.3) is 33.3 Å². The van der Waals surface area contributed by atoms with Gasteiger partial charge >= 0.3 is 5.97 Å². The number of esters is 1. The van der Waals surface area contributed by atoms with E-state index in [0.29, 0.717) is 37.1 Å². The first-order valence-electron chi connectivity index (χ1n) is 24.6. The van der Waals surface area contributed by atoms with Gasteiger partial charge in [-0.3, -0.25) is 29.2 Å². The van der Waals surface area contributed by atoms with Gasteiger partial charge in [0.05, 0.1) is 24.6 Å². The molecule has 0 spiro atoms. The Morgan fingerprint density at radius 2 is 1.82 bits per heavy atom. The number of aromatic nitrogens is 2. The van der Waals surface area contributed by atoms with E-state index >= 15 is 0 Å². The molecule has 2 fully saturated rings. The number of nitrogens with zero attached hydrogens (tertiary/aromatic N) is 5. The van der Waals surface area contributed by atoms with Gasteiger partial charge in [-0.2, -0.15) is 5.43 Å². The zero-order chi connectivity index (χ0) is 51.6. The van der Waals surface area contributed by atoms with Gasteiger partial charge in [0.25, 0.3) is 11.8 Å². The normalized spacial score (nSPS) is 23.3. The zero-order valence-electron chi connectivity index (χ0n) is 42.6. The highest BCUT2D eigenvalue weighted by molar-refractivity contribution is 5.97. The molecular weight excluding hydrogens is 907 g/mol. The molecule has 71 heavy (non-hydrogen) atoms. The molecule has 17 heteroatoms. The molecular formula is C54H71N7O10. The maximum Gasteiger partial charge on any atom is 0.355 e. The lowest BCUT2D eigenvalue weighted by Crippen LogP contribution is -2.67. The Hall–Kier alpha value is -5.98. The molecule has 2 aliphatic heterocycles. The minimum atomic E-state index is -2.30. The highest BCUT2D eigenvalue weighted by Gasteiger charge is 2.50. The van der Waals surface area contributed by atoms with Crippen molar-refractivity contribution in [3.63, 3.8) is 0 Å². The summed E-state index contributed by atoms with van der Waals surface area (Å²) in [4.78, 5) is 78.6. The van der Waals surface area contributed by atoms with Crippen LogP contribution >= 0.6 is 0 Å². The second-order valence-electron chi connectivity index (χ2n) is 21.0. The van der Waals surface area contributed by atoms with Crippen molar-refractivity contribution in [2.45, 2.75) is 116 Å². The average molecular weight is 978 g/mol. The smallest absolute Gasteiger partial charge is 0.355 e. The molecule has 2 aromatic carbocycles. The van der Waals surface area contributed by atoms with Gasteiger partial charge in [-0.15, -0.1) is 0 Å². The van der Waals surface area contributed by atoms with Crippen molar-refractivity contribution in [2.24, 2.45) is 17.3 Å². The Kier molecular flexibility index (Phi) is 15.9. The number of amides is 3. The number of rotatable bonds is 13. The predicted octanol–water partition coefficient (Wildman–Crippen LogP) is 4.91. The number of ether oxygens (including phenoxy) is 2. The summed E-state index contributed by atoms with van der Waals surface area (Å²) >= 11 is 0. The highest BCUT2D eigenvalue weighted by atomic mass is 16.6. The number of aromatic hydroxyl groups is 1. The molecule has 2 aromatic heterocycles. The third-order valence-corrected chi connectivity index (χ3v) is 14.1. The summed E-state index contributed by atoms with van der Waals surface area (Å²) in [6.45, 7) is 11.0. The maximum absolute atomic E-state index is 14.8. The van der Waals surface area contributed by atoms with Crippen LogP contribution in [-0.2, 0) is 59.4 Å². The first kappa shape index (κ1) is 52.8. The molecule has 0 radical (unpaired) electrons. The van der Waals surface area contributed by atoms with Crippen LogP contribution in [0.15, 0.2) is 66.9 Å². The molecule has 3 amide bonds. The lowest BCUT2D eigenvalue weighted by Gasteiger charge is -2.40. The standard InChI is InChI=1S/C54H71N7O10/c1-10-60-44-17-16-35-28-40(44)41(47(60)39-14-11-21-55-43(39)31-70-9)30-52(4,5)32-71-51(67)54(69)19-13-23-61(57-54)49(65)42(26-34-24-37(35)27-38(62)25-34)56-48(64)46(33(2)3)59(8)50(66)53(68)20-18-36(29-53)45(63)15-12-22-58(6)7/h11-12,14-17,21,24-25,27-28,33,36,42,46,57,62,68-69H,10,13,18-20,22-23,26,29-32H2,1-9H3,(H,56,64)/b15-12-/t36?,42-,46-,53+,54-/m0/s1. The summed E-state index contributed by atoms with van der Waals surface area (Å²) in [6.07, 6.45) is 5.63. The lowest BCUT2D eigenvalue weighted by atomic mass is 9.84. The number of carbonyl (C=O) groups excluding carboxylic acids is 5. The van der Waals surface area contributed by atoms with E-state index in [9.17, 15) is 39.3 Å². The monoisotopic (exact) mass is 978 g/mol. The van der Waals surface area contributed by atoms with E-state index in [1.165, 1.54) is 24.1 Å². The fourth-order valence-corrected chi connectivity index (χ4v) is 10.6. The third-order valence-electron chi connectivity index (χ3n) is 14.1. The Morgan fingerprint density at radius 3 is 2.52 bits per heavy atom. The molecule has 17 nitrogen and oxygen atoms in total. The number of hydrogen-bond acceptors (Lipinski definition) is 13. The number of phenols is 1. The van der Waals surface area contributed by atoms with E-state index in [1.807, 2.05) is 63.2 Å². The van der Waals surface area contributed by atoms with Crippen molar-refractivity contribution in [3.8, 4) is 28.1 Å². The van der Waals surface area contributed by atoms with Gasteiger partial charge in [0, 0.05) is 80.6 Å². The lowest BCUT2D eigenvalue weighted by molar-refractivity contribution is -0.189. The SMILES string of the molecule is CCn1c(-c2cccnc2COC)c2c3cc(ccc31)-c1cc(O)cc(c1)C[C@H](NC(=O)[C@H](C(C)C)N(C)C(=O)[C@@]1(O)CCC(C(=O)/C=C\CN(C)C)C1)C(=O)N1CCC[C@@](O)(N1)C(=O)OCC(C)(C)C2. The van der Waals surface area contributed by atoms with Crippen LogP contribution in [0.1, 0.15) is 83.5 Å². The summed E-state index contributed by atoms with van der Waals surface area (Å²) in [6, 6.07) is 12.5. The number of methoxy groups -OCH3 is 1. The fourth-order valence-electron chi connectivity index (χ4n) is 10.6. The molecule has 1 saturated heterocycles. The van der Waals surface area contributed by atoms with Gasteiger partial charge in [-0.1, -0.05) is 45.9 Å². The van der Waals surface area contributed by atoms with Crippen molar-refractivity contribution < 1.29 is 48.8 Å². The first-order chi connectivity index (χ1) is 33.6. The molecule has 3 aliphatic rings. The van der Waals surface area contributed by atoms with Crippen LogP contribution in [0.4, 0.5) is 0 Å². The molecule has 7 rings (SSSR count). The molecule has 5 N–H and O–H groups in total. The van der Waals surface area contributed by atoms with Crippen LogP contribution in [0.5, 0.6) is 5.75 Å². The first-order valence-corrected chi connectivity index (χ1v) is 24.6. The van der Waals surface area contributed by atoms with Crippen LogP contribution in [0.2, 0.25) is 0 Å². The van der Waals surface area contributed by atoms with Crippen molar-refractivity contribution in [3.05, 3.63) is 83.7 Å². The topological polar surface area (TPSA) is 216 Å². The summed E-state index contributed by atoms with van der Waals surface area (Å²) in [5.41, 5.74) is 4.30. The van der Waals surface area contributed by atoms with E-state index < -0.39 is 64.4 Å². The van der Waals surface area contributed by atoms with Gasteiger partial charge in [-0.05, 0) is 124 Å². The third kappa shape index (κ3) is 11.4. The number of fused-ring (bicyclic) bond motifs is 6. The summed E-state index contributed by atoms with van der Waals surface area (Å²) in [7, 11) is 6.82. The number of benzene rings is 2. The van der Waals surface area contributed by atoms with Crippen LogP contribution in [-0.4, -0.2) is 141 Å². The number of hydrogen-bond donors (Lipinski definition) is 5. The van der Waals surface area contributed by atoms with E-state index in [-0.39, 0.29) is 63.4 Å². The zero-order valence-corrected chi connectivity index (χ0v) is 42.6. The largest absolute Gasteiger partial charge is 0.508 e. The number of likely N-dealkylation sites (N-methyl/N-ethyl adjacent to an activating group) is 2.